The molecule has 60 valence electrons. The SMILES string of the molecule is OB(O)c1ncc2cc[nH]c2n1. The van der Waals surface area contributed by atoms with Crippen LogP contribution in [0.3, 0.4) is 0 Å². The van der Waals surface area contributed by atoms with Gasteiger partial charge in [-0.15, -0.1) is 0 Å². The number of hydrogen-bond acceptors (Lipinski definition) is 4. The van der Waals surface area contributed by atoms with Crippen molar-refractivity contribution in [2.75, 3.05) is 0 Å². The van der Waals surface area contributed by atoms with Gasteiger partial charge in [0.2, 0.25) is 0 Å². The molecule has 0 radical (unpaired) electrons. The third-order valence-electron chi connectivity index (χ3n) is 1.55. The number of rotatable bonds is 1. The molecule has 0 amide bonds. The van der Waals surface area contributed by atoms with E-state index in [1.54, 1.807) is 6.20 Å². The van der Waals surface area contributed by atoms with Crippen LogP contribution >= 0.6 is 0 Å². The Balaban J connectivity index is 2.60. The molecule has 2 aromatic heterocycles. The number of fused-ring (bicyclic) bond motifs is 1. The zero-order valence-corrected chi connectivity index (χ0v) is 6.10. The Hall–Kier alpha value is -1.40. The Morgan fingerprint density at radius 3 is 3.00 bits per heavy atom. The van der Waals surface area contributed by atoms with Gasteiger partial charge >= 0.3 is 7.12 Å². The summed E-state index contributed by atoms with van der Waals surface area (Å²) in [6.07, 6.45) is 3.25. The highest BCUT2D eigenvalue weighted by molar-refractivity contribution is 6.56. The lowest BCUT2D eigenvalue weighted by Crippen LogP contribution is -2.35. The predicted molar refractivity (Wildman–Crippen MR) is 43.7 cm³/mol. The van der Waals surface area contributed by atoms with E-state index in [-0.39, 0.29) is 5.72 Å². The second-order valence-corrected chi connectivity index (χ2v) is 2.38. The van der Waals surface area contributed by atoms with Crippen molar-refractivity contribution >= 4 is 23.9 Å². The lowest BCUT2D eigenvalue weighted by molar-refractivity contribution is 0.422. The van der Waals surface area contributed by atoms with Crippen molar-refractivity contribution in [1.29, 1.82) is 0 Å². The molecule has 0 fully saturated rings. The average Bonchev–Trinajstić information content (AvgIpc) is 2.49. The first-order valence-electron chi connectivity index (χ1n) is 3.43. The van der Waals surface area contributed by atoms with Gasteiger partial charge in [0.15, 0.2) is 5.72 Å². The van der Waals surface area contributed by atoms with Gasteiger partial charge < -0.3 is 15.0 Å². The minimum atomic E-state index is -1.61. The van der Waals surface area contributed by atoms with Gasteiger partial charge in [-0.05, 0) is 6.07 Å². The molecule has 0 aliphatic carbocycles. The van der Waals surface area contributed by atoms with Crippen LogP contribution in [0.15, 0.2) is 18.5 Å². The van der Waals surface area contributed by atoms with E-state index in [4.69, 9.17) is 10.0 Å². The first-order chi connectivity index (χ1) is 5.77. The molecule has 0 spiro atoms. The van der Waals surface area contributed by atoms with Crippen molar-refractivity contribution in [2.24, 2.45) is 0 Å². The molecular weight excluding hydrogens is 157 g/mol. The Bertz CT molecular complexity index is 400. The second-order valence-electron chi connectivity index (χ2n) is 2.38. The third kappa shape index (κ3) is 1.07. The lowest BCUT2D eigenvalue weighted by atomic mass is 9.91. The molecule has 2 aromatic rings. The average molecular weight is 163 g/mol. The van der Waals surface area contributed by atoms with Gasteiger partial charge in [0, 0.05) is 17.8 Å². The van der Waals surface area contributed by atoms with Crippen LogP contribution in [0.5, 0.6) is 0 Å². The highest BCUT2D eigenvalue weighted by atomic mass is 16.4. The van der Waals surface area contributed by atoms with E-state index in [0.717, 1.165) is 5.39 Å². The van der Waals surface area contributed by atoms with E-state index >= 15 is 0 Å². The first kappa shape index (κ1) is 7.26. The molecule has 0 atom stereocenters. The molecule has 0 saturated heterocycles. The summed E-state index contributed by atoms with van der Waals surface area (Å²) >= 11 is 0. The van der Waals surface area contributed by atoms with Crippen LogP contribution in [0.4, 0.5) is 0 Å². The van der Waals surface area contributed by atoms with Crippen molar-refractivity contribution in [2.45, 2.75) is 0 Å². The highest BCUT2D eigenvalue weighted by Crippen LogP contribution is 2.03. The van der Waals surface area contributed by atoms with Crippen LogP contribution in [-0.2, 0) is 0 Å². The number of aromatic amines is 1. The Labute approximate surface area is 68.2 Å². The van der Waals surface area contributed by atoms with E-state index in [0.29, 0.717) is 5.65 Å². The molecule has 2 heterocycles. The molecule has 0 unspecified atom stereocenters. The summed E-state index contributed by atoms with van der Waals surface area (Å²) in [7, 11) is -1.61. The van der Waals surface area contributed by atoms with Gasteiger partial charge in [0.05, 0.1) is 0 Å². The van der Waals surface area contributed by atoms with Crippen molar-refractivity contribution in [3.05, 3.63) is 18.5 Å². The van der Waals surface area contributed by atoms with Crippen molar-refractivity contribution < 1.29 is 10.0 Å². The fourth-order valence-electron chi connectivity index (χ4n) is 0.977. The largest absolute Gasteiger partial charge is 0.528 e. The van der Waals surface area contributed by atoms with Gasteiger partial charge in [0.1, 0.15) is 5.65 Å². The molecule has 12 heavy (non-hydrogen) atoms. The van der Waals surface area contributed by atoms with Crippen molar-refractivity contribution in [3.8, 4) is 0 Å². The minimum absolute atomic E-state index is 0.00458. The van der Waals surface area contributed by atoms with E-state index in [9.17, 15) is 0 Å². The second kappa shape index (κ2) is 2.58. The van der Waals surface area contributed by atoms with Crippen molar-refractivity contribution in [3.63, 3.8) is 0 Å². The molecule has 0 aromatic carbocycles. The topological polar surface area (TPSA) is 82.0 Å². The summed E-state index contributed by atoms with van der Waals surface area (Å²) in [5.74, 6) is 0. The van der Waals surface area contributed by atoms with Gasteiger partial charge in [-0.3, -0.25) is 0 Å². The van der Waals surface area contributed by atoms with E-state index in [1.807, 2.05) is 6.07 Å². The van der Waals surface area contributed by atoms with E-state index in [1.165, 1.54) is 6.20 Å². The number of nitrogens with one attached hydrogen (secondary N) is 1. The smallest absolute Gasteiger partial charge is 0.421 e. The van der Waals surface area contributed by atoms with E-state index in [2.05, 4.69) is 15.0 Å². The maximum absolute atomic E-state index is 8.74. The van der Waals surface area contributed by atoms with E-state index < -0.39 is 7.12 Å². The standard InChI is InChI=1S/C6H6BN3O2/c11-7(12)6-9-3-4-1-2-8-5(4)10-6/h1-3,11-12H,(H,8,9,10). The Kier molecular flexibility index (Phi) is 1.56. The Morgan fingerprint density at radius 2 is 2.25 bits per heavy atom. The zero-order valence-electron chi connectivity index (χ0n) is 6.10. The van der Waals surface area contributed by atoms with Crippen LogP contribution in [0.1, 0.15) is 0 Å². The summed E-state index contributed by atoms with van der Waals surface area (Å²) in [6.45, 7) is 0. The number of aromatic nitrogens is 3. The molecule has 0 bridgehead atoms. The van der Waals surface area contributed by atoms with Crippen LogP contribution in [0, 0.1) is 0 Å². The number of hydrogen-bond donors (Lipinski definition) is 3. The van der Waals surface area contributed by atoms with Crippen molar-refractivity contribution in [1.82, 2.24) is 15.0 Å². The fourth-order valence-corrected chi connectivity index (χ4v) is 0.977. The van der Waals surface area contributed by atoms with Crippen LogP contribution < -0.4 is 5.72 Å². The summed E-state index contributed by atoms with van der Waals surface area (Å²) in [5.41, 5.74) is 0.609. The maximum Gasteiger partial charge on any atom is 0.528 e. The molecule has 0 aliphatic rings. The first-order valence-corrected chi connectivity index (χ1v) is 3.43. The number of H-pyrrole nitrogens is 1. The third-order valence-corrected chi connectivity index (χ3v) is 1.55. The minimum Gasteiger partial charge on any atom is -0.421 e. The highest BCUT2D eigenvalue weighted by Gasteiger charge is 2.14. The zero-order chi connectivity index (χ0) is 8.55. The molecular formula is C6H6BN3O2. The van der Waals surface area contributed by atoms with Gasteiger partial charge in [0.25, 0.3) is 0 Å². The summed E-state index contributed by atoms with van der Waals surface area (Å²) in [4.78, 5) is 10.5. The molecule has 5 nitrogen and oxygen atoms in total. The van der Waals surface area contributed by atoms with Crippen LogP contribution in [-0.4, -0.2) is 32.1 Å². The fraction of sp³-hybridized carbons (Fsp3) is 0. The van der Waals surface area contributed by atoms with Gasteiger partial charge in [-0.25, -0.2) is 9.97 Å². The molecule has 3 N–H and O–H groups in total. The summed E-state index contributed by atoms with van der Waals surface area (Å²) in [6, 6.07) is 1.81. The van der Waals surface area contributed by atoms with Crippen LogP contribution in [0.25, 0.3) is 11.0 Å². The van der Waals surface area contributed by atoms with Gasteiger partial charge in [-0.1, -0.05) is 0 Å². The molecule has 2 rings (SSSR count). The predicted octanol–water partition coefficient (Wildman–Crippen LogP) is -1.36. The molecule has 0 aliphatic heterocycles. The maximum atomic E-state index is 8.74. The number of nitrogens with zero attached hydrogens (tertiary/aromatic N) is 2. The summed E-state index contributed by atoms with van der Waals surface area (Å²) in [5, 5.41) is 18.3. The lowest BCUT2D eigenvalue weighted by Gasteiger charge is -1.95. The summed E-state index contributed by atoms with van der Waals surface area (Å²) < 4.78 is 0. The monoisotopic (exact) mass is 163 g/mol. The van der Waals surface area contributed by atoms with Crippen LogP contribution in [0.2, 0.25) is 0 Å². The molecule has 6 heteroatoms. The molecule has 0 saturated carbocycles. The Morgan fingerprint density at radius 1 is 1.42 bits per heavy atom. The quantitative estimate of drug-likeness (QED) is 0.453. The van der Waals surface area contributed by atoms with Gasteiger partial charge in [-0.2, -0.15) is 0 Å². The normalized spacial score (nSPS) is 10.5.